The zero-order valence-electron chi connectivity index (χ0n) is 15.4. The van der Waals surface area contributed by atoms with E-state index in [0.29, 0.717) is 0 Å². The molecule has 28 heavy (non-hydrogen) atoms. The molecule has 4 aromatic rings. The fourth-order valence-electron chi connectivity index (χ4n) is 2.73. The average molecular weight is 391 g/mol. The van der Waals surface area contributed by atoms with Crippen LogP contribution < -0.4 is 5.32 Å². The molecule has 5 heteroatoms. The summed E-state index contributed by atoms with van der Waals surface area (Å²) < 4.78 is 31.7. The van der Waals surface area contributed by atoms with Gasteiger partial charge in [0, 0.05) is 16.8 Å². The Hall–Kier alpha value is -3.15. The molecule has 0 aliphatic rings. The van der Waals surface area contributed by atoms with E-state index in [1.54, 1.807) is 6.07 Å². The van der Waals surface area contributed by atoms with Gasteiger partial charge in [0.2, 0.25) is 0 Å². The first kappa shape index (κ1) is 19.6. The lowest BCUT2D eigenvalue weighted by Crippen LogP contribution is -1.98. The van der Waals surface area contributed by atoms with Crippen LogP contribution in [0.1, 0.15) is 5.56 Å². The number of hydrogen-bond acceptors (Lipinski definition) is 3. The Morgan fingerprint density at radius 3 is 1.96 bits per heavy atom. The minimum absolute atomic E-state index is 0.114. The van der Waals surface area contributed by atoms with E-state index in [2.05, 4.69) is 24.4 Å². The second-order valence-electron chi connectivity index (χ2n) is 6.31. The second kappa shape index (κ2) is 8.69. The zero-order chi connectivity index (χ0) is 20.0. The van der Waals surface area contributed by atoms with Gasteiger partial charge in [-0.2, -0.15) is 8.42 Å². The van der Waals surface area contributed by atoms with Gasteiger partial charge in [-0.05, 0) is 42.6 Å². The van der Waals surface area contributed by atoms with Crippen LogP contribution in [-0.2, 0) is 10.1 Å². The summed E-state index contributed by atoms with van der Waals surface area (Å²) >= 11 is 0. The maximum atomic E-state index is 11.3. The highest BCUT2D eigenvalue weighted by Crippen LogP contribution is 2.28. The largest absolute Gasteiger partial charge is 0.355 e. The van der Waals surface area contributed by atoms with Crippen molar-refractivity contribution in [1.82, 2.24) is 0 Å². The van der Waals surface area contributed by atoms with E-state index in [-0.39, 0.29) is 4.90 Å². The highest BCUT2D eigenvalue weighted by Gasteiger charge is 2.11. The van der Waals surface area contributed by atoms with E-state index in [9.17, 15) is 13.0 Å². The van der Waals surface area contributed by atoms with Crippen LogP contribution in [0.2, 0.25) is 0 Å². The third-order valence-electron chi connectivity index (χ3n) is 4.14. The first-order valence-corrected chi connectivity index (χ1v) is 10.2. The van der Waals surface area contributed by atoms with Gasteiger partial charge in [0.05, 0.1) is 4.90 Å². The first-order chi connectivity index (χ1) is 13.4. The van der Waals surface area contributed by atoms with Gasteiger partial charge in [-0.25, -0.2) is 0 Å². The average Bonchev–Trinajstić information content (AvgIpc) is 2.69. The Balaban J connectivity index is 0.000000271. The normalized spacial score (nSPS) is 10.8. The van der Waals surface area contributed by atoms with E-state index in [1.807, 2.05) is 66.7 Å². The number of anilines is 2. The minimum Gasteiger partial charge on any atom is -0.355 e. The molecule has 0 spiro atoms. The molecule has 0 saturated carbocycles. The molecule has 4 nitrogen and oxygen atoms in total. The van der Waals surface area contributed by atoms with Crippen LogP contribution in [-0.4, -0.2) is 13.0 Å². The SMILES string of the molecule is Cc1ccccc1.O=S(=O)(O)c1ccc2cccc(Nc3ccccc3)c2c1. The van der Waals surface area contributed by atoms with E-state index in [4.69, 9.17) is 0 Å². The third-order valence-corrected chi connectivity index (χ3v) is 4.99. The second-order valence-corrected chi connectivity index (χ2v) is 7.73. The summed E-state index contributed by atoms with van der Waals surface area (Å²) in [5.74, 6) is 0. The highest BCUT2D eigenvalue weighted by molar-refractivity contribution is 7.85. The van der Waals surface area contributed by atoms with Crippen LogP contribution in [0.25, 0.3) is 10.8 Å². The Morgan fingerprint density at radius 2 is 1.39 bits per heavy atom. The van der Waals surface area contributed by atoms with Crippen LogP contribution in [0.4, 0.5) is 11.4 Å². The minimum atomic E-state index is -4.21. The van der Waals surface area contributed by atoms with Gasteiger partial charge in [-0.3, -0.25) is 4.55 Å². The quantitative estimate of drug-likeness (QED) is 0.432. The van der Waals surface area contributed by atoms with Crippen molar-refractivity contribution < 1.29 is 13.0 Å². The van der Waals surface area contributed by atoms with Crippen molar-refractivity contribution in [2.24, 2.45) is 0 Å². The lowest BCUT2D eigenvalue weighted by Gasteiger charge is -2.10. The smallest absolute Gasteiger partial charge is 0.294 e. The fraction of sp³-hybridized carbons (Fsp3) is 0.0435. The highest BCUT2D eigenvalue weighted by atomic mass is 32.2. The van der Waals surface area contributed by atoms with Crippen molar-refractivity contribution in [2.75, 3.05) is 5.32 Å². The number of hydrogen-bond donors (Lipinski definition) is 2. The molecule has 0 aliphatic carbocycles. The molecule has 142 valence electrons. The maximum Gasteiger partial charge on any atom is 0.294 e. The predicted octanol–water partition coefficient (Wildman–Crippen LogP) is 5.83. The van der Waals surface area contributed by atoms with Gasteiger partial charge in [0.25, 0.3) is 10.1 Å². The summed E-state index contributed by atoms with van der Waals surface area (Å²) in [6.45, 7) is 2.08. The monoisotopic (exact) mass is 391 g/mol. The summed E-state index contributed by atoms with van der Waals surface area (Å²) in [5, 5.41) is 4.87. The van der Waals surface area contributed by atoms with Crippen LogP contribution >= 0.6 is 0 Å². The Kier molecular flexibility index (Phi) is 6.09. The van der Waals surface area contributed by atoms with Crippen LogP contribution in [0.3, 0.4) is 0 Å². The maximum absolute atomic E-state index is 11.3. The number of para-hydroxylation sites is 1. The Bertz CT molecular complexity index is 1160. The number of benzene rings is 4. The molecule has 0 saturated heterocycles. The number of fused-ring (bicyclic) bond motifs is 1. The van der Waals surface area contributed by atoms with Crippen LogP contribution in [0.15, 0.2) is 102 Å². The molecule has 4 rings (SSSR count). The van der Waals surface area contributed by atoms with E-state index >= 15 is 0 Å². The van der Waals surface area contributed by atoms with Crippen molar-refractivity contribution in [3.8, 4) is 0 Å². The van der Waals surface area contributed by atoms with Crippen molar-refractivity contribution in [1.29, 1.82) is 0 Å². The fourth-order valence-corrected chi connectivity index (χ4v) is 3.24. The number of rotatable bonds is 3. The topological polar surface area (TPSA) is 66.4 Å². The van der Waals surface area contributed by atoms with Crippen molar-refractivity contribution >= 4 is 32.3 Å². The first-order valence-electron chi connectivity index (χ1n) is 8.77. The molecule has 0 radical (unpaired) electrons. The van der Waals surface area contributed by atoms with Gasteiger partial charge in [0.1, 0.15) is 0 Å². The molecule has 4 aromatic carbocycles. The lowest BCUT2D eigenvalue weighted by atomic mass is 10.1. The summed E-state index contributed by atoms with van der Waals surface area (Å²) in [6, 6.07) is 30.0. The zero-order valence-corrected chi connectivity index (χ0v) is 16.2. The molecule has 0 heterocycles. The number of nitrogens with one attached hydrogen (secondary N) is 1. The lowest BCUT2D eigenvalue weighted by molar-refractivity contribution is 0.483. The van der Waals surface area contributed by atoms with Crippen molar-refractivity contribution in [3.05, 3.63) is 103 Å². The van der Waals surface area contributed by atoms with Crippen molar-refractivity contribution in [3.63, 3.8) is 0 Å². The van der Waals surface area contributed by atoms with Gasteiger partial charge in [-0.15, -0.1) is 0 Å². The molecule has 0 unspecified atom stereocenters. The Morgan fingerprint density at radius 1 is 0.750 bits per heavy atom. The molecular formula is C23H21NO3S. The number of aryl methyl sites for hydroxylation is 1. The summed E-state index contributed by atoms with van der Waals surface area (Å²) in [6.07, 6.45) is 0. The van der Waals surface area contributed by atoms with E-state index in [0.717, 1.165) is 22.1 Å². The van der Waals surface area contributed by atoms with Crippen LogP contribution in [0.5, 0.6) is 0 Å². The molecule has 0 fully saturated rings. The van der Waals surface area contributed by atoms with E-state index < -0.39 is 10.1 Å². The molecule has 0 bridgehead atoms. The summed E-state index contributed by atoms with van der Waals surface area (Å²) in [4.78, 5) is -0.114. The third kappa shape index (κ3) is 5.19. The molecule has 0 aromatic heterocycles. The van der Waals surface area contributed by atoms with Gasteiger partial charge >= 0.3 is 0 Å². The van der Waals surface area contributed by atoms with Gasteiger partial charge < -0.3 is 5.32 Å². The van der Waals surface area contributed by atoms with Gasteiger partial charge in [-0.1, -0.05) is 72.3 Å². The molecule has 0 aliphatic heterocycles. The standard InChI is InChI=1S/C16H13NO3S.C7H8/c18-21(19,20)14-10-9-12-5-4-8-16(15(12)11-14)17-13-6-2-1-3-7-13;1-7-5-3-2-4-6-7/h1-11,17H,(H,18,19,20);2-6H,1H3. The molecule has 0 atom stereocenters. The Labute approximate surface area is 165 Å². The predicted molar refractivity (Wildman–Crippen MR) is 115 cm³/mol. The van der Waals surface area contributed by atoms with Crippen molar-refractivity contribution in [2.45, 2.75) is 11.8 Å². The molecule has 2 N–H and O–H groups in total. The summed E-state index contributed by atoms with van der Waals surface area (Å²) in [7, 11) is -4.21. The molecule has 0 amide bonds. The summed E-state index contributed by atoms with van der Waals surface area (Å²) in [5.41, 5.74) is 3.01. The van der Waals surface area contributed by atoms with E-state index in [1.165, 1.54) is 17.7 Å². The van der Waals surface area contributed by atoms with Gasteiger partial charge in [0.15, 0.2) is 0 Å². The molecular weight excluding hydrogens is 370 g/mol. The van der Waals surface area contributed by atoms with Crippen LogP contribution in [0, 0.1) is 6.92 Å².